The number of piperidine rings is 1. The third-order valence-electron chi connectivity index (χ3n) is 6.35. The second-order valence-electron chi connectivity index (χ2n) is 8.40. The van der Waals surface area contributed by atoms with Crippen molar-refractivity contribution in [2.45, 2.75) is 19.4 Å². The Kier molecular flexibility index (Phi) is 4.65. The summed E-state index contributed by atoms with van der Waals surface area (Å²) in [5, 5.41) is 25.7. The summed E-state index contributed by atoms with van der Waals surface area (Å²) in [5.41, 5.74) is 4.86. The molecule has 1 fully saturated rings. The van der Waals surface area contributed by atoms with E-state index in [2.05, 4.69) is 65.8 Å². The number of aromatic amines is 1. The van der Waals surface area contributed by atoms with E-state index >= 15 is 0 Å². The lowest BCUT2D eigenvalue weighted by molar-refractivity contribution is 0.0695. The zero-order chi connectivity index (χ0) is 23.2. The number of nitrogens with one attached hydrogen (secondary N) is 1. The normalized spacial score (nSPS) is 16.7. The van der Waals surface area contributed by atoms with E-state index in [9.17, 15) is 9.90 Å². The molecule has 6 rings (SSSR count). The number of aryl methyl sites for hydroxylation is 1. The van der Waals surface area contributed by atoms with Crippen LogP contribution in [-0.2, 0) is 0 Å². The third kappa shape index (κ3) is 3.40. The molecule has 1 unspecified atom stereocenters. The van der Waals surface area contributed by atoms with Gasteiger partial charge in [0.15, 0.2) is 0 Å². The van der Waals surface area contributed by atoms with E-state index in [0.29, 0.717) is 24.0 Å². The molecule has 34 heavy (non-hydrogen) atoms. The number of carboxylic acid groups (broad SMARTS) is 1. The molecule has 10 heteroatoms. The largest absolute Gasteiger partial charge is 0.478 e. The third-order valence-corrected chi connectivity index (χ3v) is 6.35. The number of nitrogens with zero attached hydrogens (tertiary/aromatic N) is 7. The molecule has 4 heterocycles. The number of tetrazole rings is 1. The monoisotopic (exact) mass is 452 g/mol. The fourth-order valence-corrected chi connectivity index (χ4v) is 4.61. The van der Waals surface area contributed by atoms with Crippen LogP contribution in [-0.4, -0.2) is 60.8 Å². The van der Waals surface area contributed by atoms with E-state index in [0.717, 1.165) is 40.2 Å². The highest BCUT2D eigenvalue weighted by molar-refractivity contribution is 5.88. The average Bonchev–Trinajstić information content (AvgIpc) is 3.51. The van der Waals surface area contributed by atoms with Crippen molar-refractivity contribution < 1.29 is 9.90 Å². The molecule has 2 aliphatic heterocycles. The van der Waals surface area contributed by atoms with Crippen molar-refractivity contribution in [3.63, 3.8) is 0 Å². The van der Waals surface area contributed by atoms with Gasteiger partial charge in [0, 0.05) is 30.1 Å². The molecule has 1 saturated heterocycles. The minimum Gasteiger partial charge on any atom is -0.478 e. The van der Waals surface area contributed by atoms with Gasteiger partial charge in [-0.25, -0.2) is 14.8 Å². The summed E-state index contributed by atoms with van der Waals surface area (Å²) in [7, 11) is 0. The van der Waals surface area contributed by atoms with Gasteiger partial charge in [0.25, 0.3) is 0 Å². The van der Waals surface area contributed by atoms with Crippen LogP contribution >= 0.6 is 0 Å². The van der Waals surface area contributed by atoms with Gasteiger partial charge in [-0.3, -0.25) is 4.99 Å². The average molecular weight is 452 g/mol. The van der Waals surface area contributed by atoms with Crippen LogP contribution in [0.4, 0.5) is 5.95 Å². The first-order valence-electron chi connectivity index (χ1n) is 10.9. The number of carbonyl (C=O) groups is 1. The molecule has 2 aromatic carbocycles. The number of rotatable bonds is 4. The number of hydrogen-bond acceptors (Lipinski definition) is 8. The van der Waals surface area contributed by atoms with E-state index in [4.69, 9.17) is 4.99 Å². The first-order valence-corrected chi connectivity index (χ1v) is 10.9. The molecule has 10 nitrogen and oxygen atoms in total. The molecular formula is C24H20N8O2. The molecule has 2 aliphatic rings. The summed E-state index contributed by atoms with van der Waals surface area (Å²) in [4.78, 5) is 27.1. The number of hydrogen-bond donors (Lipinski definition) is 2. The van der Waals surface area contributed by atoms with E-state index in [1.807, 2.05) is 12.1 Å². The standard InChI is InChI=1S/C24H20N8O2/c1-13-18(23(33)34)11-25-24(26-13)32-8-7-21-19(12-32)17-10-15(5-6-20(17)27-21)14-3-2-4-16(9-14)22-28-30-31-29-22/h2-6,9-11,21H,7-8,12H2,1H3,(H,33,34)(H,28,29,30,31). The molecular weight excluding hydrogens is 432 g/mol. The second kappa shape index (κ2) is 7.84. The maximum Gasteiger partial charge on any atom is 0.339 e. The van der Waals surface area contributed by atoms with Gasteiger partial charge in [0.2, 0.25) is 11.8 Å². The number of aromatic carboxylic acids is 1. The predicted octanol–water partition coefficient (Wildman–Crippen LogP) is 1.39. The van der Waals surface area contributed by atoms with Crippen molar-refractivity contribution in [2.24, 2.45) is 4.99 Å². The van der Waals surface area contributed by atoms with Crippen LogP contribution in [0, 0.1) is 6.92 Å². The second-order valence-corrected chi connectivity index (χ2v) is 8.40. The SMILES string of the molecule is Cc1nc(N2CCC3N=c4ccc(-c5cccc(-c6nn[nH]n6)c5)cc4=C3C2)ncc1C(=O)O. The number of fused-ring (bicyclic) bond motifs is 2. The summed E-state index contributed by atoms with van der Waals surface area (Å²) in [6, 6.07) is 14.5. The molecule has 168 valence electrons. The Labute approximate surface area is 193 Å². The summed E-state index contributed by atoms with van der Waals surface area (Å²) in [6.07, 6.45) is 2.24. The van der Waals surface area contributed by atoms with Crippen LogP contribution in [0.5, 0.6) is 0 Å². The van der Waals surface area contributed by atoms with Gasteiger partial charge in [-0.2, -0.15) is 5.21 Å². The quantitative estimate of drug-likeness (QED) is 0.475. The maximum atomic E-state index is 11.3. The molecule has 0 amide bonds. The van der Waals surface area contributed by atoms with E-state index in [-0.39, 0.29) is 11.6 Å². The van der Waals surface area contributed by atoms with Crippen LogP contribution in [0.1, 0.15) is 22.5 Å². The highest BCUT2D eigenvalue weighted by Crippen LogP contribution is 2.26. The summed E-state index contributed by atoms with van der Waals surface area (Å²) in [5.74, 6) is 0.0852. The van der Waals surface area contributed by atoms with Crippen molar-refractivity contribution in [1.82, 2.24) is 30.6 Å². The number of carboxylic acids is 1. The first-order chi connectivity index (χ1) is 16.6. The van der Waals surface area contributed by atoms with Crippen molar-refractivity contribution >= 4 is 17.5 Å². The van der Waals surface area contributed by atoms with E-state index < -0.39 is 5.97 Å². The molecule has 0 spiro atoms. The zero-order valence-electron chi connectivity index (χ0n) is 18.3. The van der Waals surface area contributed by atoms with Crippen molar-refractivity contribution in [3.05, 3.63) is 70.5 Å². The molecule has 0 radical (unpaired) electrons. The van der Waals surface area contributed by atoms with Gasteiger partial charge >= 0.3 is 5.97 Å². The highest BCUT2D eigenvalue weighted by Gasteiger charge is 2.29. The van der Waals surface area contributed by atoms with Gasteiger partial charge < -0.3 is 10.0 Å². The Bertz CT molecular complexity index is 1550. The fourth-order valence-electron chi connectivity index (χ4n) is 4.61. The first kappa shape index (κ1) is 20.2. The molecule has 0 saturated carbocycles. The number of benzene rings is 2. The topological polar surface area (TPSA) is 133 Å². The summed E-state index contributed by atoms with van der Waals surface area (Å²) in [6.45, 7) is 3.11. The molecule has 0 bridgehead atoms. The maximum absolute atomic E-state index is 11.3. The lowest BCUT2D eigenvalue weighted by Gasteiger charge is -2.31. The Morgan fingerprint density at radius 3 is 2.79 bits per heavy atom. The minimum atomic E-state index is -1.02. The van der Waals surface area contributed by atoms with Crippen LogP contribution in [0.15, 0.2) is 53.7 Å². The van der Waals surface area contributed by atoms with E-state index in [1.165, 1.54) is 11.8 Å². The van der Waals surface area contributed by atoms with Crippen molar-refractivity contribution in [3.8, 4) is 22.5 Å². The molecule has 2 aromatic heterocycles. The fraction of sp³-hybridized carbons (Fsp3) is 0.208. The van der Waals surface area contributed by atoms with Gasteiger partial charge in [-0.05, 0) is 53.5 Å². The molecule has 4 aromatic rings. The summed E-state index contributed by atoms with van der Waals surface area (Å²) < 4.78 is 0. The molecule has 0 aliphatic carbocycles. The zero-order valence-corrected chi connectivity index (χ0v) is 18.3. The van der Waals surface area contributed by atoms with Crippen LogP contribution in [0.25, 0.3) is 28.1 Å². The number of aromatic nitrogens is 6. The minimum absolute atomic E-state index is 0.125. The lowest BCUT2D eigenvalue weighted by Crippen LogP contribution is -2.39. The van der Waals surface area contributed by atoms with Crippen molar-refractivity contribution in [1.29, 1.82) is 0 Å². The highest BCUT2D eigenvalue weighted by atomic mass is 16.4. The Morgan fingerprint density at radius 2 is 2.00 bits per heavy atom. The number of anilines is 1. The van der Waals surface area contributed by atoms with Gasteiger partial charge in [0.1, 0.15) is 0 Å². The number of H-pyrrole nitrogens is 1. The van der Waals surface area contributed by atoms with Crippen LogP contribution in [0.3, 0.4) is 0 Å². The van der Waals surface area contributed by atoms with Gasteiger partial charge in [-0.1, -0.05) is 24.3 Å². The molecule has 2 N–H and O–H groups in total. The summed E-state index contributed by atoms with van der Waals surface area (Å²) >= 11 is 0. The predicted molar refractivity (Wildman–Crippen MR) is 124 cm³/mol. The van der Waals surface area contributed by atoms with Gasteiger partial charge in [-0.15, -0.1) is 10.2 Å². The smallest absolute Gasteiger partial charge is 0.339 e. The van der Waals surface area contributed by atoms with Crippen LogP contribution in [0.2, 0.25) is 0 Å². The lowest BCUT2D eigenvalue weighted by atomic mass is 9.97. The van der Waals surface area contributed by atoms with Crippen LogP contribution < -0.4 is 15.5 Å². The Balaban J connectivity index is 1.37. The molecule has 1 atom stereocenters. The van der Waals surface area contributed by atoms with E-state index in [1.54, 1.807) is 6.92 Å². The van der Waals surface area contributed by atoms with Crippen molar-refractivity contribution in [2.75, 3.05) is 18.0 Å². The Hall–Kier alpha value is -4.47. The Morgan fingerprint density at radius 1 is 1.15 bits per heavy atom. The van der Waals surface area contributed by atoms with Gasteiger partial charge in [0.05, 0.1) is 22.7 Å².